The molecule has 4 atom stereocenters. The fourth-order valence-electron chi connectivity index (χ4n) is 8.39. The van der Waals surface area contributed by atoms with Crippen LogP contribution >= 0.6 is 0 Å². The minimum Gasteiger partial charge on any atom is -0.453 e. The summed E-state index contributed by atoms with van der Waals surface area (Å²) in [6.45, 7) is 10.3. The summed E-state index contributed by atoms with van der Waals surface area (Å²) in [6, 6.07) is 8.33. The molecule has 0 bridgehead atoms. The van der Waals surface area contributed by atoms with E-state index in [0.717, 1.165) is 81.8 Å². The summed E-state index contributed by atoms with van der Waals surface area (Å²) in [6.07, 6.45) is 3.12. The number of likely N-dealkylation sites (tertiary alicyclic amines) is 2. The Morgan fingerprint density at radius 3 is 2.13 bits per heavy atom. The van der Waals surface area contributed by atoms with Crippen LogP contribution in [-0.4, -0.2) is 90.8 Å². The van der Waals surface area contributed by atoms with E-state index < -0.39 is 18.2 Å². The number of imidazole rings is 2. The van der Waals surface area contributed by atoms with Crippen LogP contribution < -0.4 is 10.6 Å². The molecule has 2 saturated heterocycles. The van der Waals surface area contributed by atoms with Crippen molar-refractivity contribution in [2.45, 2.75) is 90.9 Å². The molecule has 2 aromatic carbocycles. The van der Waals surface area contributed by atoms with E-state index in [2.05, 4.69) is 26.7 Å². The number of nitrogens with one attached hydrogen (secondary N) is 4. The van der Waals surface area contributed by atoms with E-state index in [-0.39, 0.29) is 41.6 Å². The van der Waals surface area contributed by atoms with Gasteiger partial charge in [-0.2, -0.15) is 0 Å². The van der Waals surface area contributed by atoms with Gasteiger partial charge in [-0.25, -0.2) is 19.7 Å². The summed E-state index contributed by atoms with van der Waals surface area (Å²) in [5.41, 5.74) is 4.97. The number of aromatic amines is 2. The van der Waals surface area contributed by atoms with Crippen molar-refractivity contribution < 1.29 is 28.3 Å². The van der Waals surface area contributed by atoms with Crippen LogP contribution in [0.3, 0.4) is 0 Å². The molecule has 3 aliphatic rings. The Morgan fingerprint density at radius 2 is 1.49 bits per heavy atom. The third-order valence-electron chi connectivity index (χ3n) is 11.2. The van der Waals surface area contributed by atoms with Gasteiger partial charge >= 0.3 is 6.09 Å². The molecule has 4 amide bonds. The highest BCUT2D eigenvalue weighted by Crippen LogP contribution is 2.42. The Labute approximate surface area is 318 Å². The van der Waals surface area contributed by atoms with E-state index in [9.17, 15) is 19.2 Å². The molecule has 55 heavy (non-hydrogen) atoms. The average molecular weight is 750 g/mol. The van der Waals surface area contributed by atoms with Crippen LogP contribution in [0.5, 0.6) is 0 Å². The van der Waals surface area contributed by atoms with Crippen molar-refractivity contribution in [1.82, 2.24) is 45.4 Å². The van der Waals surface area contributed by atoms with Crippen LogP contribution in [0.1, 0.15) is 95.4 Å². The number of ether oxygens (including phenoxy) is 1. The molecule has 15 heteroatoms. The summed E-state index contributed by atoms with van der Waals surface area (Å²) >= 11 is 0. The van der Waals surface area contributed by atoms with Crippen molar-refractivity contribution in [3.05, 3.63) is 53.4 Å². The Bertz CT molecular complexity index is 2320. The van der Waals surface area contributed by atoms with E-state index in [4.69, 9.17) is 24.1 Å². The molecular weight excluding hydrogens is 702 g/mol. The normalized spacial score (nSPS) is 19.0. The number of amides is 4. The highest BCUT2D eigenvalue weighted by molar-refractivity contribution is 6.05. The Balaban J connectivity index is 1.03. The number of benzene rings is 2. The number of methoxy groups -OCH3 is 1. The summed E-state index contributed by atoms with van der Waals surface area (Å²) in [5, 5.41) is 7.50. The molecule has 0 unspecified atom stereocenters. The number of hydrogen-bond donors (Lipinski definition) is 4. The molecule has 0 radical (unpaired) electrons. The Hall–Kier alpha value is -5.73. The maximum atomic E-state index is 13.7. The van der Waals surface area contributed by atoms with E-state index in [1.807, 2.05) is 61.8 Å². The van der Waals surface area contributed by atoms with Gasteiger partial charge in [0.05, 0.1) is 41.6 Å². The van der Waals surface area contributed by atoms with Crippen molar-refractivity contribution in [1.29, 1.82) is 0 Å². The third kappa shape index (κ3) is 6.48. The number of carbonyl (C=O) groups is 4. The van der Waals surface area contributed by atoms with Gasteiger partial charge in [-0.1, -0.05) is 39.8 Å². The van der Waals surface area contributed by atoms with Crippen LogP contribution in [0.4, 0.5) is 4.79 Å². The molecule has 288 valence electrons. The SMILES string of the molecule is COC(=O)N[C@H](C(=O)N1CCC[C@H]1c1nc2ccc3cc(-c4nc5c(o4)-c4[nH]c([C@@H]6CCCN6C(=O)[C@@H](NC(C)=O)C(C)C)nc4C5)ccc3c2[nH]1)C(C)C. The average Bonchev–Trinajstić information content (AvgIpc) is 4.00. The summed E-state index contributed by atoms with van der Waals surface area (Å²) in [4.78, 5) is 76.5. The fourth-order valence-corrected chi connectivity index (χ4v) is 8.39. The molecule has 4 N–H and O–H groups in total. The molecular formula is C40H47N9O6. The summed E-state index contributed by atoms with van der Waals surface area (Å²) in [5.74, 6) is 1.97. The van der Waals surface area contributed by atoms with Gasteiger partial charge in [0.2, 0.25) is 23.6 Å². The van der Waals surface area contributed by atoms with Gasteiger partial charge < -0.3 is 39.6 Å². The number of oxazole rings is 1. The fraction of sp³-hybridized carbons (Fsp3) is 0.475. The lowest BCUT2D eigenvalue weighted by Gasteiger charge is -2.30. The molecule has 15 nitrogen and oxygen atoms in total. The van der Waals surface area contributed by atoms with Crippen molar-refractivity contribution in [2.75, 3.05) is 20.2 Å². The molecule has 0 spiro atoms. The molecule has 5 aromatic rings. The van der Waals surface area contributed by atoms with E-state index in [1.165, 1.54) is 14.0 Å². The van der Waals surface area contributed by atoms with Gasteiger partial charge in [-0.3, -0.25) is 14.4 Å². The number of aromatic nitrogens is 5. The first kappa shape index (κ1) is 36.3. The maximum Gasteiger partial charge on any atom is 0.407 e. The first-order valence-corrected chi connectivity index (χ1v) is 19.2. The standard InChI is InChI=1S/C40H47N9O6/c1-19(2)30(41-21(5)50)38(51)48-15-8-10-29(48)36-43-26-18-27-34(33(26)46-36)55-37(44-27)23-11-13-24-22(17-23)12-14-25-32(24)45-35(42-25)28-9-7-16-49(28)39(52)31(20(3)4)47-40(53)54-6/h11-14,17,19-20,28-31H,7-10,15-16,18H2,1-6H3,(H,41,50)(H,42,45)(H,43,46)(H,47,53)/t28-,29-,30-,31-/m0/s1. The largest absolute Gasteiger partial charge is 0.453 e. The number of fused-ring (bicyclic) bond motifs is 6. The second-order valence-electron chi connectivity index (χ2n) is 15.6. The van der Waals surface area contributed by atoms with E-state index >= 15 is 0 Å². The summed E-state index contributed by atoms with van der Waals surface area (Å²) in [7, 11) is 1.29. The number of rotatable bonds is 9. The minimum absolute atomic E-state index is 0.0467. The van der Waals surface area contributed by atoms with Gasteiger partial charge in [0.15, 0.2) is 5.76 Å². The first-order valence-electron chi connectivity index (χ1n) is 19.2. The predicted molar refractivity (Wildman–Crippen MR) is 203 cm³/mol. The highest BCUT2D eigenvalue weighted by Gasteiger charge is 2.40. The number of hydrogen-bond acceptors (Lipinski definition) is 9. The smallest absolute Gasteiger partial charge is 0.407 e. The van der Waals surface area contributed by atoms with Crippen LogP contribution in [-0.2, 0) is 25.5 Å². The van der Waals surface area contributed by atoms with Gasteiger partial charge in [0.1, 0.15) is 29.4 Å². The van der Waals surface area contributed by atoms with E-state index in [0.29, 0.717) is 31.2 Å². The number of alkyl carbamates (subject to hydrolysis) is 1. The van der Waals surface area contributed by atoms with Gasteiger partial charge in [-0.15, -0.1) is 0 Å². The second-order valence-corrected chi connectivity index (χ2v) is 15.6. The van der Waals surface area contributed by atoms with Crippen molar-refractivity contribution >= 4 is 45.6 Å². The molecule has 2 aliphatic heterocycles. The molecule has 2 fully saturated rings. The zero-order valence-corrected chi connectivity index (χ0v) is 32.0. The molecule has 3 aromatic heterocycles. The van der Waals surface area contributed by atoms with Gasteiger partial charge in [0.25, 0.3) is 0 Å². The zero-order chi connectivity index (χ0) is 38.7. The molecule has 5 heterocycles. The van der Waals surface area contributed by atoms with Crippen molar-refractivity contribution in [2.24, 2.45) is 11.8 Å². The topological polar surface area (TPSA) is 191 Å². The predicted octanol–water partition coefficient (Wildman–Crippen LogP) is 5.53. The van der Waals surface area contributed by atoms with Crippen LogP contribution in [0, 0.1) is 11.8 Å². The number of nitrogens with zero attached hydrogens (tertiary/aromatic N) is 5. The second kappa shape index (κ2) is 14.2. The lowest BCUT2D eigenvalue weighted by Crippen LogP contribution is -2.51. The monoisotopic (exact) mass is 749 g/mol. The number of H-pyrrole nitrogens is 2. The van der Waals surface area contributed by atoms with Crippen LogP contribution in [0.2, 0.25) is 0 Å². The highest BCUT2D eigenvalue weighted by atomic mass is 16.5. The molecule has 1 aliphatic carbocycles. The van der Waals surface area contributed by atoms with Gasteiger partial charge in [-0.05, 0) is 61.1 Å². The first-order chi connectivity index (χ1) is 26.4. The zero-order valence-electron chi connectivity index (χ0n) is 32.0. The number of carbonyl (C=O) groups excluding carboxylic acids is 4. The maximum absolute atomic E-state index is 13.7. The quantitative estimate of drug-likeness (QED) is 0.147. The minimum atomic E-state index is -0.705. The lowest BCUT2D eigenvalue weighted by molar-refractivity contribution is -0.138. The lowest BCUT2D eigenvalue weighted by atomic mass is 10.0. The molecule has 0 saturated carbocycles. The van der Waals surface area contributed by atoms with Gasteiger partial charge in [0, 0.05) is 37.4 Å². The molecule has 8 rings (SSSR count). The van der Waals surface area contributed by atoms with Crippen molar-refractivity contribution in [3.8, 4) is 22.9 Å². The Morgan fingerprint density at radius 1 is 0.836 bits per heavy atom. The van der Waals surface area contributed by atoms with Crippen LogP contribution in [0.25, 0.3) is 44.7 Å². The Kier molecular flexibility index (Phi) is 9.34. The summed E-state index contributed by atoms with van der Waals surface area (Å²) < 4.78 is 11.2. The van der Waals surface area contributed by atoms with Crippen LogP contribution in [0.15, 0.2) is 34.7 Å². The third-order valence-corrected chi connectivity index (χ3v) is 11.2. The van der Waals surface area contributed by atoms with Crippen molar-refractivity contribution in [3.63, 3.8) is 0 Å². The van der Waals surface area contributed by atoms with E-state index in [1.54, 1.807) is 0 Å².